The number of hydrogen-bond acceptors (Lipinski definition) is 5. The summed E-state index contributed by atoms with van der Waals surface area (Å²) in [6, 6.07) is 27.4. The summed E-state index contributed by atoms with van der Waals surface area (Å²) in [5, 5.41) is 3.73. The van der Waals surface area contributed by atoms with Gasteiger partial charge >= 0.3 is 0 Å². The van der Waals surface area contributed by atoms with Gasteiger partial charge in [0.15, 0.2) is 0 Å². The van der Waals surface area contributed by atoms with Crippen LogP contribution in [0.15, 0.2) is 108 Å². The van der Waals surface area contributed by atoms with Gasteiger partial charge in [0.05, 0.1) is 17.7 Å². The van der Waals surface area contributed by atoms with E-state index in [-0.39, 0.29) is 35.5 Å². The molecule has 0 saturated carbocycles. The molecule has 1 N–H and O–H groups in total. The number of sulfonamides is 1. The highest BCUT2D eigenvalue weighted by atomic mass is 35.5. The van der Waals surface area contributed by atoms with Crippen LogP contribution in [0.4, 0.5) is 5.69 Å². The van der Waals surface area contributed by atoms with Gasteiger partial charge in [0.2, 0.25) is 11.8 Å². The van der Waals surface area contributed by atoms with E-state index >= 15 is 0 Å². The van der Waals surface area contributed by atoms with E-state index in [9.17, 15) is 18.0 Å². The van der Waals surface area contributed by atoms with Crippen LogP contribution in [0.2, 0.25) is 10.0 Å². The van der Waals surface area contributed by atoms with Gasteiger partial charge in [-0.3, -0.25) is 13.9 Å². The molecule has 0 saturated heterocycles. The molecular weight excluding hydrogens is 645 g/mol. The molecule has 2 unspecified atom stereocenters. The van der Waals surface area contributed by atoms with Crippen LogP contribution in [0.5, 0.6) is 5.75 Å². The Labute approximate surface area is 280 Å². The minimum atomic E-state index is -4.29. The molecular formula is C35H37Cl2N3O5S. The van der Waals surface area contributed by atoms with Gasteiger partial charge in [0.25, 0.3) is 10.0 Å². The Morgan fingerprint density at radius 2 is 1.57 bits per heavy atom. The molecule has 0 radical (unpaired) electrons. The lowest BCUT2D eigenvalue weighted by Gasteiger charge is -2.34. The van der Waals surface area contributed by atoms with E-state index in [1.807, 2.05) is 44.2 Å². The Hall–Kier alpha value is -4.05. The van der Waals surface area contributed by atoms with Crippen molar-refractivity contribution < 1.29 is 22.7 Å². The Morgan fingerprint density at radius 3 is 2.20 bits per heavy atom. The molecule has 0 fully saturated rings. The SMILES string of the molecule is CCC(C)NC(=O)C(Cc1ccccc1)N(Cc1ccccc1Cl)C(=O)CN(c1cccc(Cl)c1)S(=O)(=O)c1ccc(OC)cc1. The molecule has 242 valence electrons. The minimum absolute atomic E-state index is 0.0318. The molecule has 2 atom stereocenters. The first kappa shape index (κ1) is 34.8. The monoisotopic (exact) mass is 681 g/mol. The van der Waals surface area contributed by atoms with Crippen molar-refractivity contribution in [2.75, 3.05) is 18.0 Å². The number of benzene rings is 4. The third-order valence-electron chi connectivity index (χ3n) is 7.59. The largest absolute Gasteiger partial charge is 0.497 e. The number of carbonyl (C=O) groups is 2. The first-order valence-electron chi connectivity index (χ1n) is 14.8. The first-order valence-corrected chi connectivity index (χ1v) is 17.0. The molecule has 0 spiro atoms. The lowest BCUT2D eigenvalue weighted by Crippen LogP contribution is -2.54. The highest BCUT2D eigenvalue weighted by Gasteiger charge is 2.35. The van der Waals surface area contributed by atoms with Crippen LogP contribution >= 0.6 is 23.2 Å². The lowest BCUT2D eigenvalue weighted by atomic mass is 10.0. The number of carbonyl (C=O) groups excluding carboxylic acids is 2. The molecule has 11 heteroatoms. The summed E-state index contributed by atoms with van der Waals surface area (Å²) in [7, 11) is -2.80. The predicted octanol–water partition coefficient (Wildman–Crippen LogP) is 6.75. The van der Waals surface area contributed by atoms with Gasteiger partial charge in [-0.1, -0.05) is 84.7 Å². The molecule has 4 aromatic rings. The standard InChI is InChI=1S/C35H37Cl2N3O5S/c1-4-25(2)38-35(42)33(21-26-11-6-5-7-12-26)39(23-27-13-8-9-16-32(27)37)34(41)24-40(29-15-10-14-28(36)22-29)46(43,44)31-19-17-30(45-3)18-20-31/h5-20,22,25,33H,4,21,23-24H2,1-3H3,(H,38,42). The Balaban J connectivity index is 1.82. The fourth-order valence-electron chi connectivity index (χ4n) is 4.84. The van der Waals surface area contributed by atoms with Gasteiger partial charge in [-0.2, -0.15) is 0 Å². The van der Waals surface area contributed by atoms with Gasteiger partial charge in [-0.05, 0) is 73.0 Å². The number of anilines is 1. The average molecular weight is 683 g/mol. The third-order valence-corrected chi connectivity index (χ3v) is 9.99. The van der Waals surface area contributed by atoms with Gasteiger partial charge in [-0.25, -0.2) is 8.42 Å². The molecule has 8 nitrogen and oxygen atoms in total. The predicted molar refractivity (Wildman–Crippen MR) is 183 cm³/mol. The van der Waals surface area contributed by atoms with Gasteiger partial charge in [0, 0.05) is 29.1 Å². The van der Waals surface area contributed by atoms with Crippen molar-refractivity contribution in [2.45, 2.75) is 50.2 Å². The quantitative estimate of drug-likeness (QED) is 0.159. The second-order valence-electron chi connectivity index (χ2n) is 10.8. The van der Waals surface area contributed by atoms with Crippen LogP contribution < -0.4 is 14.4 Å². The number of nitrogens with one attached hydrogen (secondary N) is 1. The minimum Gasteiger partial charge on any atom is -0.497 e. The Morgan fingerprint density at radius 1 is 0.891 bits per heavy atom. The van der Waals surface area contributed by atoms with E-state index in [0.717, 1.165) is 9.87 Å². The number of halogens is 2. The number of rotatable bonds is 14. The van der Waals surface area contributed by atoms with E-state index < -0.39 is 28.5 Å². The zero-order chi connectivity index (χ0) is 33.3. The Kier molecular flexibility index (Phi) is 12.1. The summed E-state index contributed by atoms with van der Waals surface area (Å²) < 4.78 is 34.5. The first-order chi connectivity index (χ1) is 22.0. The number of hydrogen-bond donors (Lipinski definition) is 1. The van der Waals surface area contributed by atoms with E-state index in [1.165, 1.54) is 42.3 Å². The average Bonchev–Trinajstić information content (AvgIpc) is 3.06. The van der Waals surface area contributed by atoms with Crippen LogP contribution in [0, 0.1) is 0 Å². The van der Waals surface area contributed by atoms with Crippen molar-refractivity contribution in [2.24, 2.45) is 0 Å². The van der Waals surface area contributed by atoms with Crippen molar-refractivity contribution in [1.82, 2.24) is 10.2 Å². The van der Waals surface area contributed by atoms with Gasteiger partial charge in [-0.15, -0.1) is 0 Å². The van der Waals surface area contributed by atoms with Crippen LogP contribution in [-0.2, 0) is 32.6 Å². The topological polar surface area (TPSA) is 96.0 Å². The van der Waals surface area contributed by atoms with Crippen LogP contribution in [-0.4, -0.2) is 50.9 Å². The molecule has 4 aromatic carbocycles. The summed E-state index contributed by atoms with van der Waals surface area (Å²) in [6.45, 7) is 3.20. The maximum absolute atomic E-state index is 14.5. The van der Waals surface area contributed by atoms with Crippen molar-refractivity contribution in [1.29, 1.82) is 0 Å². The summed E-state index contributed by atoms with van der Waals surface area (Å²) in [5.41, 5.74) is 1.64. The highest BCUT2D eigenvalue weighted by molar-refractivity contribution is 7.92. The van der Waals surface area contributed by atoms with Gasteiger partial charge in [0.1, 0.15) is 18.3 Å². The van der Waals surface area contributed by atoms with Gasteiger partial charge < -0.3 is 15.0 Å². The Bertz CT molecular complexity index is 1740. The van der Waals surface area contributed by atoms with E-state index in [0.29, 0.717) is 27.8 Å². The fourth-order valence-corrected chi connectivity index (χ4v) is 6.63. The zero-order valence-corrected chi connectivity index (χ0v) is 28.2. The molecule has 0 aromatic heterocycles. The highest BCUT2D eigenvalue weighted by Crippen LogP contribution is 2.28. The summed E-state index contributed by atoms with van der Waals surface area (Å²) in [5.74, 6) is -0.477. The van der Waals surface area contributed by atoms with E-state index in [2.05, 4.69) is 5.32 Å². The normalized spacial score (nSPS) is 12.5. The zero-order valence-electron chi connectivity index (χ0n) is 25.9. The van der Waals surface area contributed by atoms with Crippen LogP contribution in [0.25, 0.3) is 0 Å². The molecule has 0 aliphatic carbocycles. The van der Waals surface area contributed by atoms with Crippen molar-refractivity contribution in [3.8, 4) is 5.75 Å². The third kappa shape index (κ3) is 8.81. The molecule has 46 heavy (non-hydrogen) atoms. The molecule has 2 amide bonds. The second kappa shape index (κ2) is 16.0. The smallest absolute Gasteiger partial charge is 0.264 e. The molecule has 0 aliphatic rings. The summed E-state index contributed by atoms with van der Waals surface area (Å²) in [6.07, 6.45) is 0.882. The van der Waals surface area contributed by atoms with Crippen LogP contribution in [0.1, 0.15) is 31.4 Å². The van der Waals surface area contributed by atoms with Crippen molar-refractivity contribution in [3.05, 3.63) is 124 Å². The lowest BCUT2D eigenvalue weighted by molar-refractivity contribution is -0.140. The second-order valence-corrected chi connectivity index (χ2v) is 13.5. The molecule has 0 bridgehead atoms. The number of methoxy groups -OCH3 is 1. The number of nitrogens with zero attached hydrogens (tertiary/aromatic N) is 2. The number of ether oxygens (including phenoxy) is 1. The summed E-state index contributed by atoms with van der Waals surface area (Å²) >= 11 is 12.8. The van der Waals surface area contributed by atoms with E-state index in [4.69, 9.17) is 27.9 Å². The fraction of sp³-hybridized carbons (Fsp3) is 0.257. The maximum Gasteiger partial charge on any atom is 0.264 e. The molecule has 4 rings (SSSR count). The molecule has 0 heterocycles. The maximum atomic E-state index is 14.5. The van der Waals surface area contributed by atoms with Crippen molar-refractivity contribution >= 4 is 50.7 Å². The van der Waals surface area contributed by atoms with Crippen LogP contribution in [0.3, 0.4) is 0 Å². The van der Waals surface area contributed by atoms with Crippen molar-refractivity contribution in [3.63, 3.8) is 0 Å². The van der Waals surface area contributed by atoms with E-state index in [1.54, 1.807) is 42.5 Å². The number of amides is 2. The molecule has 0 aliphatic heterocycles. The summed E-state index contributed by atoms with van der Waals surface area (Å²) in [4.78, 5) is 29.8.